The molecule has 2 atom stereocenters. The van der Waals surface area contributed by atoms with Crippen LogP contribution in [0.1, 0.15) is 19.3 Å². The largest absolute Gasteiger partial charge is 0.380 e. The monoisotopic (exact) mass is 305 g/mol. The molecule has 0 spiro atoms. The van der Waals surface area contributed by atoms with Gasteiger partial charge in [-0.25, -0.2) is 12.7 Å². The molecule has 0 aromatic rings. The van der Waals surface area contributed by atoms with Crippen LogP contribution in [-0.4, -0.2) is 69.8 Å². The molecular weight excluding hydrogens is 282 g/mol. The lowest BCUT2D eigenvalue weighted by molar-refractivity contribution is -0.123. The minimum atomic E-state index is -3.11. The van der Waals surface area contributed by atoms with E-state index in [1.807, 2.05) is 0 Å². The van der Waals surface area contributed by atoms with E-state index in [0.717, 1.165) is 0 Å². The van der Waals surface area contributed by atoms with Gasteiger partial charge in [0.25, 0.3) is 0 Å². The Hall–Kier alpha value is -0.700. The van der Waals surface area contributed by atoms with Gasteiger partial charge in [-0.3, -0.25) is 4.79 Å². The molecule has 2 N–H and O–H groups in total. The Kier molecular flexibility index (Phi) is 5.00. The predicted octanol–water partition coefficient (Wildman–Crippen LogP) is -1.10. The number of nitrogens with zero attached hydrogens (tertiary/aromatic N) is 1. The van der Waals surface area contributed by atoms with Gasteiger partial charge in [0.05, 0.1) is 18.4 Å². The van der Waals surface area contributed by atoms with Crippen LogP contribution in [0, 0.1) is 0 Å². The van der Waals surface area contributed by atoms with Crippen LogP contribution in [0.3, 0.4) is 0 Å². The Morgan fingerprint density at radius 3 is 2.50 bits per heavy atom. The molecule has 116 valence electrons. The van der Waals surface area contributed by atoms with Gasteiger partial charge >= 0.3 is 0 Å². The van der Waals surface area contributed by atoms with Crippen molar-refractivity contribution >= 4 is 15.9 Å². The number of ether oxygens (including phenoxy) is 1. The van der Waals surface area contributed by atoms with Gasteiger partial charge in [0.15, 0.2) is 0 Å². The zero-order valence-electron chi connectivity index (χ0n) is 12.0. The first-order valence-electron chi connectivity index (χ1n) is 6.92. The molecule has 2 aliphatic heterocycles. The van der Waals surface area contributed by atoms with Gasteiger partial charge in [0.1, 0.15) is 0 Å². The van der Waals surface area contributed by atoms with Crippen molar-refractivity contribution in [2.45, 2.75) is 37.5 Å². The van der Waals surface area contributed by atoms with Crippen LogP contribution in [0.15, 0.2) is 0 Å². The maximum absolute atomic E-state index is 12.1. The van der Waals surface area contributed by atoms with Crippen LogP contribution >= 0.6 is 0 Å². The highest BCUT2D eigenvalue weighted by Crippen LogP contribution is 2.15. The second-order valence-electron chi connectivity index (χ2n) is 5.50. The molecule has 1 amide bonds. The third-order valence-electron chi connectivity index (χ3n) is 4.01. The molecule has 0 aromatic heterocycles. The Morgan fingerprint density at radius 2 is 2.00 bits per heavy atom. The molecule has 2 unspecified atom stereocenters. The van der Waals surface area contributed by atoms with Crippen molar-refractivity contribution in [2.75, 3.05) is 33.0 Å². The second-order valence-corrected chi connectivity index (χ2v) is 7.48. The lowest BCUT2D eigenvalue weighted by Crippen LogP contribution is -2.50. The lowest BCUT2D eigenvalue weighted by atomic mass is 10.1. The summed E-state index contributed by atoms with van der Waals surface area (Å²) in [4.78, 5) is 12.1. The molecule has 2 saturated heterocycles. The van der Waals surface area contributed by atoms with Crippen molar-refractivity contribution in [2.24, 2.45) is 0 Å². The zero-order valence-corrected chi connectivity index (χ0v) is 12.8. The Bertz CT molecular complexity index is 446. The highest BCUT2D eigenvalue weighted by atomic mass is 32.2. The van der Waals surface area contributed by atoms with E-state index in [4.69, 9.17) is 4.74 Å². The SMILES string of the molecule is COC1CNC(C(=O)NC2CCN(S(C)(=O)=O)CC2)C1. The van der Waals surface area contributed by atoms with Crippen LogP contribution in [0.2, 0.25) is 0 Å². The smallest absolute Gasteiger partial charge is 0.237 e. The summed E-state index contributed by atoms with van der Waals surface area (Å²) in [5, 5.41) is 6.14. The molecule has 2 heterocycles. The van der Waals surface area contributed by atoms with E-state index in [1.54, 1.807) is 7.11 Å². The van der Waals surface area contributed by atoms with Gasteiger partial charge in [-0.2, -0.15) is 0 Å². The number of nitrogens with one attached hydrogen (secondary N) is 2. The quantitative estimate of drug-likeness (QED) is 0.689. The Balaban J connectivity index is 1.77. The van der Waals surface area contributed by atoms with E-state index in [9.17, 15) is 13.2 Å². The molecule has 0 aromatic carbocycles. The molecule has 2 rings (SSSR count). The van der Waals surface area contributed by atoms with E-state index in [0.29, 0.717) is 38.9 Å². The third kappa shape index (κ3) is 3.91. The van der Waals surface area contributed by atoms with E-state index in [2.05, 4.69) is 10.6 Å². The van der Waals surface area contributed by atoms with E-state index >= 15 is 0 Å². The first-order valence-corrected chi connectivity index (χ1v) is 8.76. The maximum atomic E-state index is 12.1. The third-order valence-corrected chi connectivity index (χ3v) is 5.31. The Labute approximate surface area is 120 Å². The van der Waals surface area contributed by atoms with Crippen molar-refractivity contribution in [1.29, 1.82) is 0 Å². The molecule has 8 heteroatoms. The molecular formula is C12H23N3O4S. The van der Waals surface area contributed by atoms with Crippen molar-refractivity contribution < 1.29 is 17.9 Å². The summed E-state index contributed by atoms with van der Waals surface area (Å²) in [5.74, 6) is -0.0117. The lowest BCUT2D eigenvalue weighted by Gasteiger charge is -2.31. The fourth-order valence-electron chi connectivity index (χ4n) is 2.72. The standard InChI is InChI=1S/C12H23N3O4S/c1-19-10-7-11(13-8-10)12(16)14-9-3-5-15(6-4-9)20(2,17)18/h9-11,13H,3-8H2,1-2H3,(H,14,16). The highest BCUT2D eigenvalue weighted by Gasteiger charge is 2.32. The number of amides is 1. The summed E-state index contributed by atoms with van der Waals surface area (Å²) in [6, 6.07) is -0.142. The van der Waals surface area contributed by atoms with Crippen LogP contribution in [0.4, 0.5) is 0 Å². The van der Waals surface area contributed by atoms with Gasteiger partial charge in [0.2, 0.25) is 15.9 Å². The van der Waals surface area contributed by atoms with Crippen LogP contribution in [-0.2, 0) is 19.6 Å². The maximum Gasteiger partial charge on any atom is 0.237 e. The van der Waals surface area contributed by atoms with Gasteiger partial charge in [-0.15, -0.1) is 0 Å². The number of methoxy groups -OCH3 is 1. The van der Waals surface area contributed by atoms with Gasteiger partial charge < -0.3 is 15.4 Å². The highest BCUT2D eigenvalue weighted by molar-refractivity contribution is 7.88. The van der Waals surface area contributed by atoms with Crippen molar-refractivity contribution in [1.82, 2.24) is 14.9 Å². The fourth-order valence-corrected chi connectivity index (χ4v) is 3.59. The van der Waals surface area contributed by atoms with Gasteiger partial charge in [0, 0.05) is 32.8 Å². The van der Waals surface area contributed by atoms with Gasteiger partial charge in [-0.05, 0) is 19.3 Å². The first-order chi connectivity index (χ1) is 9.40. The van der Waals surface area contributed by atoms with E-state index in [1.165, 1.54) is 10.6 Å². The minimum absolute atomic E-state index is 0.0117. The molecule has 20 heavy (non-hydrogen) atoms. The number of rotatable bonds is 4. The molecule has 0 aliphatic carbocycles. The summed E-state index contributed by atoms with van der Waals surface area (Å²) in [6.45, 7) is 1.65. The number of piperidine rings is 1. The molecule has 2 aliphatic rings. The van der Waals surface area contributed by atoms with Gasteiger partial charge in [-0.1, -0.05) is 0 Å². The van der Waals surface area contributed by atoms with Crippen molar-refractivity contribution in [3.63, 3.8) is 0 Å². The number of sulfonamides is 1. The summed E-state index contributed by atoms with van der Waals surface area (Å²) in [7, 11) is -1.47. The van der Waals surface area contributed by atoms with Crippen LogP contribution in [0.5, 0.6) is 0 Å². The normalized spacial score (nSPS) is 29.5. The average Bonchev–Trinajstić information content (AvgIpc) is 2.87. The van der Waals surface area contributed by atoms with Crippen molar-refractivity contribution in [3.8, 4) is 0 Å². The summed E-state index contributed by atoms with van der Waals surface area (Å²) >= 11 is 0. The number of hydrogen-bond donors (Lipinski definition) is 2. The van der Waals surface area contributed by atoms with Crippen LogP contribution < -0.4 is 10.6 Å². The molecule has 0 bridgehead atoms. The molecule has 0 radical (unpaired) electrons. The molecule has 7 nitrogen and oxygen atoms in total. The number of hydrogen-bond acceptors (Lipinski definition) is 5. The zero-order chi connectivity index (χ0) is 14.8. The average molecular weight is 305 g/mol. The number of carbonyl (C=O) groups excluding carboxylic acids is 1. The minimum Gasteiger partial charge on any atom is -0.380 e. The van der Waals surface area contributed by atoms with E-state index in [-0.39, 0.29) is 24.1 Å². The second kappa shape index (κ2) is 6.38. The van der Waals surface area contributed by atoms with Crippen molar-refractivity contribution in [3.05, 3.63) is 0 Å². The van der Waals surface area contributed by atoms with Crippen LogP contribution in [0.25, 0.3) is 0 Å². The topological polar surface area (TPSA) is 87.7 Å². The number of carbonyl (C=O) groups is 1. The van der Waals surface area contributed by atoms with E-state index < -0.39 is 10.0 Å². The summed E-state index contributed by atoms with van der Waals surface area (Å²) in [6.07, 6.45) is 3.33. The fraction of sp³-hybridized carbons (Fsp3) is 0.917. The predicted molar refractivity (Wildman–Crippen MR) is 74.8 cm³/mol. The summed E-state index contributed by atoms with van der Waals surface area (Å²) in [5.41, 5.74) is 0. The molecule has 0 saturated carbocycles. The molecule has 2 fully saturated rings. The Morgan fingerprint density at radius 1 is 1.35 bits per heavy atom. The summed E-state index contributed by atoms with van der Waals surface area (Å²) < 4.78 is 29.5. The first kappa shape index (κ1) is 15.7.